The molecule has 2 rings (SSSR count). The summed E-state index contributed by atoms with van der Waals surface area (Å²) in [6.07, 6.45) is 6.67. The largest absolute Gasteiger partial charge is 0.390 e. The van der Waals surface area contributed by atoms with E-state index < -0.39 is 0 Å². The first-order valence-electron chi connectivity index (χ1n) is 7.67. The SMILES string of the molecule is CCCC1(O)CCC1CC(C)CC1COCCN1. The van der Waals surface area contributed by atoms with Crippen LogP contribution in [0.25, 0.3) is 0 Å². The fourth-order valence-corrected chi connectivity index (χ4v) is 3.62. The zero-order valence-electron chi connectivity index (χ0n) is 12.0. The van der Waals surface area contributed by atoms with Crippen molar-refractivity contribution in [2.24, 2.45) is 11.8 Å². The van der Waals surface area contributed by atoms with Gasteiger partial charge < -0.3 is 15.2 Å². The van der Waals surface area contributed by atoms with Crippen molar-refractivity contribution >= 4 is 0 Å². The molecule has 2 aliphatic rings. The van der Waals surface area contributed by atoms with Gasteiger partial charge in [-0.25, -0.2) is 0 Å². The lowest BCUT2D eigenvalue weighted by molar-refractivity contribution is -0.109. The third-order valence-electron chi connectivity index (χ3n) is 4.74. The highest BCUT2D eigenvalue weighted by Crippen LogP contribution is 2.45. The Morgan fingerprint density at radius 3 is 2.83 bits per heavy atom. The first-order chi connectivity index (χ1) is 8.64. The van der Waals surface area contributed by atoms with Gasteiger partial charge in [-0.3, -0.25) is 0 Å². The standard InChI is InChI=1S/C15H29NO2/c1-3-5-15(17)6-4-13(15)9-12(2)10-14-11-18-8-7-16-14/h12-14,16-17H,3-11H2,1-2H3. The summed E-state index contributed by atoms with van der Waals surface area (Å²) < 4.78 is 5.50. The molecule has 3 nitrogen and oxygen atoms in total. The van der Waals surface area contributed by atoms with Crippen LogP contribution in [0.5, 0.6) is 0 Å². The first-order valence-corrected chi connectivity index (χ1v) is 7.67. The minimum atomic E-state index is -0.334. The monoisotopic (exact) mass is 255 g/mol. The van der Waals surface area contributed by atoms with Crippen LogP contribution in [0.4, 0.5) is 0 Å². The Bertz CT molecular complexity index is 253. The third kappa shape index (κ3) is 3.46. The van der Waals surface area contributed by atoms with Crippen LogP contribution in [0, 0.1) is 11.8 Å². The highest BCUT2D eigenvalue weighted by atomic mass is 16.5. The fourth-order valence-electron chi connectivity index (χ4n) is 3.62. The molecule has 0 spiro atoms. The van der Waals surface area contributed by atoms with Crippen LogP contribution in [-0.4, -0.2) is 36.5 Å². The maximum absolute atomic E-state index is 10.5. The third-order valence-corrected chi connectivity index (χ3v) is 4.74. The molecule has 2 N–H and O–H groups in total. The molecule has 0 amide bonds. The quantitative estimate of drug-likeness (QED) is 0.765. The van der Waals surface area contributed by atoms with Crippen LogP contribution in [0.3, 0.4) is 0 Å². The molecule has 1 aliphatic carbocycles. The molecule has 18 heavy (non-hydrogen) atoms. The summed E-state index contributed by atoms with van der Waals surface area (Å²) in [5, 5.41) is 14.0. The highest BCUT2D eigenvalue weighted by molar-refractivity contribution is 4.96. The molecular formula is C15H29NO2. The van der Waals surface area contributed by atoms with Crippen molar-refractivity contribution in [2.45, 2.75) is 64.0 Å². The second-order valence-electron chi connectivity index (χ2n) is 6.39. The molecule has 0 aromatic carbocycles. The fraction of sp³-hybridized carbons (Fsp3) is 1.00. The van der Waals surface area contributed by atoms with Gasteiger partial charge in [-0.05, 0) is 43.9 Å². The van der Waals surface area contributed by atoms with Gasteiger partial charge in [0.15, 0.2) is 0 Å². The van der Waals surface area contributed by atoms with Gasteiger partial charge in [0.1, 0.15) is 0 Å². The Kier molecular flexibility index (Phi) is 5.05. The van der Waals surface area contributed by atoms with Gasteiger partial charge in [0.25, 0.3) is 0 Å². The Hall–Kier alpha value is -0.120. The molecule has 2 fully saturated rings. The molecular weight excluding hydrogens is 226 g/mol. The van der Waals surface area contributed by atoms with Gasteiger partial charge in [-0.1, -0.05) is 20.3 Å². The number of rotatable bonds is 6. The average molecular weight is 255 g/mol. The Balaban J connectivity index is 1.72. The molecule has 0 aromatic rings. The van der Waals surface area contributed by atoms with E-state index in [0.717, 1.165) is 39.0 Å². The summed E-state index contributed by atoms with van der Waals surface area (Å²) in [4.78, 5) is 0. The lowest BCUT2D eigenvalue weighted by Gasteiger charge is -2.47. The van der Waals surface area contributed by atoms with Crippen LogP contribution >= 0.6 is 0 Å². The molecule has 1 saturated carbocycles. The number of hydrogen-bond acceptors (Lipinski definition) is 3. The first kappa shape index (κ1) is 14.3. The van der Waals surface area contributed by atoms with Crippen molar-refractivity contribution in [3.63, 3.8) is 0 Å². The zero-order valence-corrected chi connectivity index (χ0v) is 12.0. The van der Waals surface area contributed by atoms with Crippen LogP contribution in [-0.2, 0) is 4.74 Å². The van der Waals surface area contributed by atoms with Gasteiger partial charge in [0, 0.05) is 12.6 Å². The summed E-state index contributed by atoms with van der Waals surface area (Å²) in [7, 11) is 0. The zero-order chi connectivity index (χ0) is 13.0. The van der Waals surface area contributed by atoms with Crippen LogP contribution in [0.1, 0.15) is 52.4 Å². The van der Waals surface area contributed by atoms with E-state index in [4.69, 9.17) is 4.74 Å². The van der Waals surface area contributed by atoms with E-state index >= 15 is 0 Å². The van der Waals surface area contributed by atoms with Crippen molar-refractivity contribution in [2.75, 3.05) is 19.8 Å². The van der Waals surface area contributed by atoms with Gasteiger partial charge in [-0.15, -0.1) is 0 Å². The van der Waals surface area contributed by atoms with Crippen molar-refractivity contribution in [1.29, 1.82) is 0 Å². The molecule has 0 aromatic heterocycles. The summed E-state index contributed by atoms with van der Waals surface area (Å²) in [5.74, 6) is 1.22. The van der Waals surface area contributed by atoms with E-state index in [2.05, 4.69) is 19.2 Å². The maximum atomic E-state index is 10.5. The molecule has 1 aliphatic heterocycles. The minimum absolute atomic E-state index is 0.334. The van der Waals surface area contributed by atoms with Crippen LogP contribution < -0.4 is 5.32 Å². The average Bonchev–Trinajstić information content (AvgIpc) is 2.36. The summed E-state index contributed by atoms with van der Waals surface area (Å²) >= 11 is 0. The van der Waals surface area contributed by atoms with Crippen molar-refractivity contribution in [3.05, 3.63) is 0 Å². The number of hydrogen-bond donors (Lipinski definition) is 2. The smallest absolute Gasteiger partial charge is 0.0676 e. The summed E-state index contributed by atoms with van der Waals surface area (Å²) in [6, 6.07) is 0.521. The lowest BCUT2D eigenvalue weighted by Crippen LogP contribution is -2.48. The summed E-state index contributed by atoms with van der Waals surface area (Å²) in [6.45, 7) is 7.18. The Morgan fingerprint density at radius 2 is 2.28 bits per heavy atom. The molecule has 1 saturated heterocycles. The van der Waals surface area contributed by atoms with E-state index in [-0.39, 0.29) is 5.60 Å². The van der Waals surface area contributed by atoms with Gasteiger partial charge >= 0.3 is 0 Å². The number of ether oxygens (including phenoxy) is 1. The number of aliphatic hydroxyl groups is 1. The Labute approximate surface area is 111 Å². The molecule has 3 heteroatoms. The highest BCUT2D eigenvalue weighted by Gasteiger charge is 2.44. The lowest BCUT2D eigenvalue weighted by atomic mass is 9.64. The van der Waals surface area contributed by atoms with E-state index in [1.54, 1.807) is 0 Å². The van der Waals surface area contributed by atoms with Crippen molar-refractivity contribution in [3.8, 4) is 0 Å². The minimum Gasteiger partial charge on any atom is -0.390 e. The molecule has 0 bridgehead atoms. The molecule has 1 heterocycles. The van der Waals surface area contributed by atoms with E-state index in [1.807, 2.05) is 0 Å². The second-order valence-corrected chi connectivity index (χ2v) is 6.39. The molecule has 4 unspecified atom stereocenters. The van der Waals surface area contributed by atoms with Crippen molar-refractivity contribution in [1.82, 2.24) is 5.32 Å². The van der Waals surface area contributed by atoms with E-state index in [0.29, 0.717) is 17.9 Å². The predicted octanol–water partition coefficient (Wildman–Crippen LogP) is 2.33. The van der Waals surface area contributed by atoms with Crippen LogP contribution in [0.15, 0.2) is 0 Å². The van der Waals surface area contributed by atoms with Gasteiger partial charge in [0.05, 0.1) is 18.8 Å². The van der Waals surface area contributed by atoms with E-state index in [9.17, 15) is 5.11 Å². The maximum Gasteiger partial charge on any atom is 0.0676 e. The second kappa shape index (κ2) is 6.36. The van der Waals surface area contributed by atoms with E-state index in [1.165, 1.54) is 19.3 Å². The Morgan fingerprint density at radius 1 is 1.44 bits per heavy atom. The summed E-state index contributed by atoms with van der Waals surface area (Å²) in [5.41, 5.74) is -0.334. The topological polar surface area (TPSA) is 41.5 Å². The van der Waals surface area contributed by atoms with Crippen LogP contribution in [0.2, 0.25) is 0 Å². The predicted molar refractivity (Wildman–Crippen MR) is 73.6 cm³/mol. The molecule has 4 atom stereocenters. The van der Waals surface area contributed by atoms with Gasteiger partial charge in [-0.2, -0.15) is 0 Å². The normalized spacial score (nSPS) is 38.2. The molecule has 0 radical (unpaired) electrons. The molecule has 106 valence electrons. The van der Waals surface area contributed by atoms with Gasteiger partial charge in [0.2, 0.25) is 0 Å². The number of morpholine rings is 1. The van der Waals surface area contributed by atoms with Crippen molar-refractivity contribution < 1.29 is 9.84 Å². The number of nitrogens with one attached hydrogen (secondary N) is 1.